The number of furan rings is 1. The average molecular weight is 377 g/mol. The van der Waals surface area contributed by atoms with Crippen molar-refractivity contribution < 1.29 is 19.1 Å². The predicted octanol–water partition coefficient (Wildman–Crippen LogP) is 7.06. The second kappa shape index (κ2) is 12.6. The zero-order chi connectivity index (χ0) is 19.3. The summed E-state index contributed by atoms with van der Waals surface area (Å²) >= 11 is 0. The monoisotopic (exact) mass is 376 g/mol. The molecule has 1 aliphatic heterocycles. The van der Waals surface area contributed by atoms with Crippen LogP contribution in [-0.4, -0.2) is 11.1 Å². The molecule has 0 aromatic carbocycles. The number of carbonyl (C=O) groups is 1. The van der Waals surface area contributed by atoms with Crippen LogP contribution in [0.4, 0.5) is 0 Å². The number of aliphatic carboxylic acids is 1. The molecular weight excluding hydrogens is 340 g/mol. The molecule has 0 radical (unpaired) electrons. The molecule has 1 aromatic heterocycles. The first-order chi connectivity index (χ1) is 13.2. The quantitative estimate of drug-likeness (QED) is 0.248. The summed E-state index contributed by atoms with van der Waals surface area (Å²) in [5.74, 6) is 0.0949. The number of carboxylic acids is 1. The van der Waals surface area contributed by atoms with Gasteiger partial charge in [-0.25, -0.2) is 0 Å². The Morgan fingerprint density at radius 2 is 1.67 bits per heavy atom. The van der Waals surface area contributed by atoms with Crippen LogP contribution in [0.2, 0.25) is 0 Å². The van der Waals surface area contributed by atoms with E-state index in [2.05, 4.69) is 19.1 Å². The van der Waals surface area contributed by atoms with Crippen molar-refractivity contribution in [2.75, 3.05) is 0 Å². The van der Waals surface area contributed by atoms with E-state index in [0.29, 0.717) is 17.9 Å². The first kappa shape index (κ1) is 21.6. The SMILES string of the molecule is CCCCCCCC/C=C\CCCCCCC(C(=O)O)C1Oc2ccoc21. The number of allylic oxidation sites excluding steroid dienone is 2. The molecule has 0 amide bonds. The van der Waals surface area contributed by atoms with Crippen molar-refractivity contribution in [2.45, 2.75) is 96.5 Å². The Labute approximate surface area is 164 Å². The van der Waals surface area contributed by atoms with Gasteiger partial charge in [0.05, 0.1) is 6.26 Å². The number of rotatable bonds is 16. The van der Waals surface area contributed by atoms with Crippen LogP contribution in [0.3, 0.4) is 0 Å². The highest BCUT2D eigenvalue weighted by Crippen LogP contribution is 2.45. The minimum atomic E-state index is -0.792. The highest BCUT2D eigenvalue weighted by molar-refractivity contribution is 5.71. The second-order valence-electron chi connectivity index (χ2n) is 7.65. The molecule has 0 fully saturated rings. The van der Waals surface area contributed by atoms with Gasteiger partial charge in [0.1, 0.15) is 5.92 Å². The summed E-state index contributed by atoms with van der Waals surface area (Å²) in [4.78, 5) is 11.5. The molecule has 4 nitrogen and oxygen atoms in total. The topological polar surface area (TPSA) is 59.7 Å². The van der Waals surface area contributed by atoms with Crippen molar-refractivity contribution in [1.29, 1.82) is 0 Å². The first-order valence-electron chi connectivity index (χ1n) is 10.9. The Kier molecular flexibility index (Phi) is 10.1. The van der Waals surface area contributed by atoms with Crippen LogP contribution < -0.4 is 4.74 Å². The molecule has 0 spiro atoms. The number of hydrogen-bond donors (Lipinski definition) is 1. The van der Waals surface area contributed by atoms with E-state index in [9.17, 15) is 9.90 Å². The number of unbranched alkanes of at least 4 members (excludes halogenated alkanes) is 10. The summed E-state index contributed by atoms with van der Waals surface area (Å²) in [5, 5.41) is 9.44. The van der Waals surface area contributed by atoms with E-state index >= 15 is 0 Å². The van der Waals surface area contributed by atoms with E-state index in [1.807, 2.05) is 0 Å². The van der Waals surface area contributed by atoms with Gasteiger partial charge in [-0.05, 0) is 32.1 Å². The molecular formula is C23H36O4. The maximum Gasteiger partial charge on any atom is 0.310 e. The second-order valence-corrected chi connectivity index (χ2v) is 7.65. The van der Waals surface area contributed by atoms with Crippen LogP contribution in [0, 0.1) is 5.92 Å². The highest BCUT2D eigenvalue weighted by atomic mass is 16.5. The summed E-state index contributed by atoms with van der Waals surface area (Å²) in [6.07, 6.45) is 21.3. The fraction of sp³-hybridized carbons (Fsp3) is 0.696. The van der Waals surface area contributed by atoms with Crippen molar-refractivity contribution in [3.05, 3.63) is 30.2 Å². The van der Waals surface area contributed by atoms with Gasteiger partial charge in [-0.2, -0.15) is 0 Å². The summed E-state index contributed by atoms with van der Waals surface area (Å²) in [6.45, 7) is 2.26. The first-order valence-corrected chi connectivity index (χ1v) is 10.9. The van der Waals surface area contributed by atoms with Crippen LogP contribution in [0.5, 0.6) is 5.75 Å². The third-order valence-corrected chi connectivity index (χ3v) is 5.38. The van der Waals surface area contributed by atoms with E-state index in [4.69, 9.17) is 9.15 Å². The molecule has 1 N–H and O–H groups in total. The van der Waals surface area contributed by atoms with E-state index in [0.717, 1.165) is 25.7 Å². The normalized spacial score (nSPS) is 16.7. The molecule has 27 heavy (non-hydrogen) atoms. The van der Waals surface area contributed by atoms with Crippen LogP contribution in [0.25, 0.3) is 0 Å². The Balaban J connectivity index is 1.45. The molecule has 152 valence electrons. The minimum Gasteiger partial charge on any atom is -0.481 e. The molecule has 2 unspecified atom stereocenters. The van der Waals surface area contributed by atoms with Crippen LogP contribution in [0.1, 0.15) is 102 Å². The molecule has 2 rings (SSSR count). The van der Waals surface area contributed by atoms with Crippen molar-refractivity contribution in [3.8, 4) is 5.75 Å². The van der Waals surface area contributed by atoms with Crippen molar-refractivity contribution >= 4 is 5.97 Å². The van der Waals surface area contributed by atoms with Gasteiger partial charge in [0.15, 0.2) is 17.6 Å². The highest BCUT2D eigenvalue weighted by Gasteiger charge is 2.42. The lowest BCUT2D eigenvalue weighted by Crippen LogP contribution is -2.31. The Morgan fingerprint density at radius 3 is 2.30 bits per heavy atom. The largest absolute Gasteiger partial charge is 0.481 e. The van der Waals surface area contributed by atoms with Crippen LogP contribution in [0.15, 0.2) is 28.9 Å². The number of ether oxygens (including phenoxy) is 1. The van der Waals surface area contributed by atoms with Gasteiger partial charge in [0.2, 0.25) is 0 Å². The van der Waals surface area contributed by atoms with E-state index in [1.165, 1.54) is 51.4 Å². The minimum absolute atomic E-state index is 0.405. The maximum absolute atomic E-state index is 11.5. The van der Waals surface area contributed by atoms with Gasteiger partial charge < -0.3 is 14.3 Å². The maximum atomic E-state index is 11.5. The summed E-state index contributed by atoms with van der Waals surface area (Å²) < 4.78 is 10.9. The lowest BCUT2D eigenvalue weighted by molar-refractivity contribution is -0.147. The number of fused-ring (bicyclic) bond motifs is 1. The Bertz CT molecular complexity index is 560. The number of hydrogen-bond acceptors (Lipinski definition) is 3. The predicted molar refractivity (Wildman–Crippen MR) is 108 cm³/mol. The zero-order valence-corrected chi connectivity index (χ0v) is 16.8. The van der Waals surface area contributed by atoms with Gasteiger partial charge in [-0.15, -0.1) is 0 Å². The molecule has 0 saturated carbocycles. The molecule has 1 aromatic rings. The van der Waals surface area contributed by atoms with Crippen molar-refractivity contribution in [3.63, 3.8) is 0 Å². The third-order valence-electron chi connectivity index (χ3n) is 5.38. The fourth-order valence-electron chi connectivity index (χ4n) is 3.67. The molecule has 1 aliphatic rings. The van der Waals surface area contributed by atoms with E-state index in [1.54, 1.807) is 12.3 Å². The average Bonchev–Trinajstić information content (AvgIpc) is 3.01. The Morgan fingerprint density at radius 1 is 1.04 bits per heavy atom. The summed E-state index contributed by atoms with van der Waals surface area (Å²) in [6, 6.07) is 1.74. The summed E-state index contributed by atoms with van der Waals surface area (Å²) in [5.41, 5.74) is 0. The van der Waals surface area contributed by atoms with E-state index in [-0.39, 0.29) is 0 Å². The van der Waals surface area contributed by atoms with Gasteiger partial charge in [0.25, 0.3) is 0 Å². The standard InChI is InChI=1S/C23H36O4/c1-2-3-4-5-6-7-8-9-10-11-12-13-14-15-16-19(23(24)25)21-22-20(27-21)17-18-26-22/h9-10,17-19,21H,2-8,11-16H2,1H3,(H,24,25)/b10-9-. The fourth-order valence-corrected chi connectivity index (χ4v) is 3.67. The van der Waals surface area contributed by atoms with E-state index < -0.39 is 18.0 Å². The smallest absolute Gasteiger partial charge is 0.310 e. The van der Waals surface area contributed by atoms with Crippen LogP contribution >= 0.6 is 0 Å². The molecule has 0 saturated heterocycles. The van der Waals surface area contributed by atoms with Gasteiger partial charge in [-0.3, -0.25) is 4.79 Å². The lowest BCUT2D eigenvalue weighted by Gasteiger charge is -2.30. The molecule has 2 heterocycles. The molecule has 0 aliphatic carbocycles. The van der Waals surface area contributed by atoms with Gasteiger partial charge >= 0.3 is 5.97 Å². The molecule has 4 heteroatoms. The molecule has 0 bridgehead atoms. The number of carboxylic acid groups (broad SMARTS) is 1. The van der Waals surface area contributed by atoms with Gasteiger partial charge in [-0.1, -0.05) is 70.4 Å². The zero-order valence-electron chi connectivity index (χ0n) is 16.8. The van der Waals surface area contributed by atoms with Crippen LogP contribution in [-0.2, 0) is 4.79 Å². The van der Waals surface area contributed by atoms with Gasteiger partial charge in [0, 0.05) is 6.07 Å². The third kappa shape index (κ3) is 7.43. The lowest BCUT2D eigenvalue weighted by atomic mass is 9.91. The van der Waals surface area contributed by atoms with Crippen molar-refractivity contribution in [2.24, 2.45) is 5.92 Å². The summed E-state index contributed by atoms with van der Waals surface area (Å²) in [7, 11) is 0. The van der Waals surface area contributed by atoms with Crippen molar-refractivity contribution in [1.82, 2.24) is 0 Å². The molecule has 2 atom stereocenters. The Hall–Kier alpha value is -1.71.